The van der Waals surface area contributed by atoms with Crippen LogP contribution >= 0.6 is 0 Å². The molecule has 1 aliphatic rings. The standard InChI is InChI=1S/C18H21F3N2O4/c1-11-4-2-3-5-14(11)22-17(26)23-15(24)10-27-16(25)12-6-8-13(9-7-12)18(19,20)21/h6-9,11,14H,2-5,10H2,1H3,(H2,22,23,24,26)/t11-,14+/m0/s1. The molecule has 27 heavy (non-hydrogen) atoms. The zero-order valence-corrected chi connectivity index (χ0v) is 14.8. The van der Waals surface area contributed by atoms with E-state index in [0.29, 0.717) is 5.92 Å². The fraction of sp³-hybridized carbons (Fsp3) is 0.500. The van der Waals surface area contributed by atoms with E-state index in [-0.39, 0.29) is 11.6 Å². The van der Waals surface area contributed by atoms with Crippen molar-refractivity contribution in [3.8, 4) is 0 Å². The average molecular weight is 386 g/mol. The lowest BCUT2D eigenvalue weighted by molar-refractivity contribution is -0.137. The number of benzene rings is 1. The van der Waals surface area contributed by atoms with Crippen LogP contribution in [0.25, 0.3) is 0 Å². The number of rotatable bonds is 4. The zero-order valence-electron chi connectivity index (χ0n) is 14.8. The minimum Gasteiger partial charge on any atom is -0.452 e. The molecule has 9 heteroatoms. The zero-order chi connectivity index (χ0) is 20.0. The smallest absolute Gasteiger partial charge is 0.416 e. The van der Waals surface area contributed by atoms with Crippen molar-refractivity contribution in [3.63, 3.8) is 0 Å². The first-order valence-electron chi connectivity index (χ1n) is 8.61. The van der Waals surface area contributed by atoms with E-state index in [0.717, 1.165) is 49.9 Å². The first-order valence-corrected chi connectivity index (χ1v) is 8.61. The van der Waals surface area contributed by atoms with Gasteiger partial charge in [-0.05, 0) is 43.0 Å². The van der Waals surface area contributed by atoms with Gasteiger partial charge in [0.1, 0.15) is 0 Å². The second kappa shape index (κ2) is 8.88. The molecular weight excluding hydrogens is 365 g/mol. The van der Waals surface area contributed by atoms with Crippen LogP contribution in [0.15, 0.2) is 24.3 Å². The molecule has 1 aromatic rings. The number of carbonyl (C=O) groups is 3. The summed E-state index contributed by atoms with van der Waals surface area (Å²) < 4.78 is 42.2. The van der Waals surface area contributed by atoms with Gasteiger partial charge in [-0.1, -0.05) is 19.8 Å². The van der Waals surface area contributed by atoms with Gasteiger partial charge in [0.05, 0.1) is 11.1 Å². The summed E-state index contributed by atoms with van der Waals surface area (Å²) in [5, 5.41) is 4.79. The van der Waals surface area contributed by atoms with Crippen molar-refractivity contribution < 1.29 is 32.3 Å². The highest BCUT2D eigenvalue weighted by Crippen LogP contribution is 2.29. The summed E-state index contributed by atoms with van der Waals surface area (Å²) in [6, 6.07) is 2.73. The van der Waals surface area contributed by atoms with Gasteiger partial charge in [0.2, 0.25) is 0 Å². The van der Waals surface area contributed by atoms with Gasteiger partial charge in [-0.3, -0.25) is 10.1 Å². The van der Waals surface area contributed by atoms with Crippen LogP contribution < -0.4 is 10.6 Å². The highest BCUT2D eigenvalue weighted by atomic mass is 19.4. The summed E-state index contributed by atoms with van der Waals surface area (Å²) in [6.07, 6.45) is -0.547. The molecule has 0 saturated heterocycles. The van der Waals surface area contributed by atoms with Crippen molar-refractivity contribution in [2.75, 3.05) is 6.61 Å². The fourth-order valence-electron chi connectivity index (χ4n) is 2.91. The van der Waals surface area contributed by atoms with E-state index in [9.17, 15) is 27.6 Å². The molecule has 6 nitrogen and oxygen atoms in total. The van der Waals surface area contributed by atoms with Crippen molar-refractivity contribution in [2.45, 2.75) is 44.8 Å². The van der Waals surface area contributed by atoms with Crippen LogP contribution in [0, 0.1) is 5.92 Å². The Bertz CT molecular complexity index is 689. The molecule has 2 rings (SSSR count). The number of alkyl halides is 3. The summed E-state index contributed by atoms with van der Waals surface area (Å²) in [6.45, 7) is 1.31. The van der Waals surface area contributed by atoms with Crippen molar-refractivity contribution in [3.05, 3.63) is 35.4 Å². The highest BCUT2D eigenvalue weighted by Gasteiger charge is 2.30. The highest BCUT2D eigenvalue weighted by molar-refractivity contribution is 5.97. The van der Waals surface area contributed by atoms with Gasteiger partial charge in [0.25, 0.3) is 5.91 Å². The number of hydrogen-bond acceptors (Lipinski definition) is 4. The van der Waals surface area contributed by atoms with Crippen molar-refractivity contribution in [1.29, 1.82) is 0 Å². The maximum Gasteiger partial charge on any atom is 0.416 e. The van der Waals surface area contributed by atoms with E-state index < -0.39 is 36.3 Å². The molecule has 148 valence electrons. The van der Waals surface area contributed by atoms with E-state index in [2.05, 4.69) is 10.6 Å². The SMILES string of the molecule is C[C@H]1CCCC[C@H]1NC(=O)NC(=O)COC(=O)c1ccc(C(F)(F)F)cc1. The predicted octanol–water partition coefficient (Wildman–Crippen LogP) is 3.27. The van der Waals surface area contributed by atoms with E-state index in [4.69, 9.17) is 4.74 Å². The molecule has 2 atom stereocenters. The second-order valence-corrected chi connectivity index (χ2v) is 6.54. The van der Waals surface area contributed by atoms with Crippen LogP contribution in [0.5, 0.6) is 0 Å². The summed E-state index contributed by atoms with van der Waals surface area (Å²) in [5.41, 5.74) is -1.03. The number of amides is 3. The number of halogens is 3. The first-order chi connectivity index (χ1) is 12.7. The predicted molar refractivity (Wildman–Crippen MR) is 89.8 cm³/mol. The second-order valence-electron chi connectivity index (χ2n) is 6.54. The maximum atomic E-state index is 12.5. The topological polar surface area (TPSA) is 84.5 Å². The molecule has 0 unspecified atom stereocenters. The van der Waals surface area contributed by atoms with Crippen LogP contribution in [0.1, 0.15) is 48.5 Å². The van der Waals surface area contributed by atoms with Crippen LogP contribution in [0.4, 0.5) is 18.0 Å². The van der Waals surface area contributed by atoms with Gasteiger partial charge >= 0.3 is 18.2 Å². The molecule has 0 spiro atoms. The molecule has 0 aliphatic heterocycles. The van der Waals surface area contributed by atoms with E-state index in [1.165, 1.54) is 0 Å². The Kier molecular flexibility index (Phi) is 6.81. The average Bonchev–Trinajstić information content (AvgIpc) is 2.61. The summed E-state index contributed by atoms with van der Waals surface area (Å²) in [5.74, 6) is -1.46. The van der Waals surface area contributed by atoms with Crippen molar-refractivity contribution in [1.82, 2.24) is 10.6 Å². The number of carbonyl (C=O) groups excluding carboxylic acids is 3. The minimum absolute atomic E-state index is 0.0127. The van der Waals surface area contributed by atoms with E-state index in [1.54, 1.807) is 0 Å². The molecule has 0 heterocycles. The van der Waals surface area contributed by atoms with Gasteiger partial charge < -0.3 is 10.1 Å². The number of hydrogen-bond donors (Lipinski definition) is 2. The van der Waals surface area contributed by atoms with Crippen LogP contribution in [0.3, 0.4) is 0 Å². The normalized spacial score (nSPS) is 19.9. The third kappa shape index (κ3) is 6.26. The number of esters is 1. The maximum absolute atomic E-state index is 12.5. The molecule has 2 N–H and O–H groups in total. The van der Waals surface area contributed by atoms with Crippen molar-refractivity contribution >= 4 is 17.9 Å². The monoisotopic (exact) mass is 386 g/mol. The lowest BCUT2D eigenvalue weighted by Crippen LogP contribution is -2.48. The molecule has 0 bridgehead atoms. The van der Waals surface area contributed by atoms with Crippen LogP contribution in [0.2, 0.25) is 0 Å². The lowest BCUT2D eigenvalue weighted by Gasteiger charge is -2.29. The molecular formula is C18H21F3N2O4. The number of urea groups is 1. The molecule has 1 aliphatic carbocycles. The molecule has 1 fully saturated rings. The first kappa shape index (κ1) is 20.7. The summed E-state index contributed by atoms with van der Waals surface area (Å²) in [4.78, 5) is 35.3. The fourth-order valence-corrected chi connectivity index (χ4v) is 2.91. The Morgan fingerprint density at radius 3 is 2.33 bits per heavy atom. The van der Waals surface area contributed by atoms with Crippen LogP contribution in [-0.4, -0.2) is 30.6 Å². The molecule has 1 saturated carbocycles. The summed E-state index contributed by atoms with van der Waals surface area (Å²) in [7, 11) is 0. The minimum atomic E-state index is -4.51. The van der Waals surface area contributed by atoms with Gasteiger partial charge in [-0.15, -0.1) is 0 Å². The molecule has 0 aromatic heterocycles. The molecule has 3 amide bonds. The van der Waals surface area contributed by atoms with Gasteiger partial charge in [0.15, 0.2) is 6.61 Å². The van der Waals surface area contributed by atoms with Crippen LogP contribution in [-0.2, 0) is 15.7 Å². The third-order valence-electron chi connectivity index (χ3n) is 4.46. The Balaban J connectivity index is 1.77. The molecule has 1 aromatic carbocycles. The van der Waals surface area contributed by atoms with E-state index >= 15 is 0 Å². The molecule has 0 radical (unpaired) electrons. The van der Waals surface area contributed by atoms with E-state index in [1.807, 2.05) is 6.92 Å². The van der Waals surface area contributed by atoms with Gasteiger partial charge in [-0.25, -0.2) is 9.59 Å². The Morgan fingerprint density at radius 2 is 1.74 bits per heavy atom. The Morgan fingerprint density at radius 1 is 1.11 bits per heavy atom. The summed E-state index contributed by atoms with van der Waals surface area (Å²) >= 11 is 0. The Hall–Kier alpha value is -2.58. The van der Waals surface area contributed by atoms with Gasteiger partial charge in [-0.2, -0.15) is 13.2 Å². The van der Waals surface area contributed by atoms with Crippen molar-refractivity contribution in [2.24, 2.45) is 5.92 Å². The number of nitrogens with one attached hydrogen (secondary N) is 2. The lowest BCUT2D eigenvalue weighted by atomic mass is 9.86. The quantitative estimate of drug-likeness (QED) is 0.778. The number of imide groups is 1. The number of ether oxygens (including phenoxy) is 1. The Labute approximate surface area is 154 Å². The third-order valence-corrected chi connectivity index (χ3v) is 4.46. The van der Waals surface area contributed by atoms with Gasteiger partial charge in [0, 0.05) is 6.04 Å². The largest absolute Gasteiger partial charge is 0.452 e.